The number of fused-ring (bicyclic) bond motifs is 1. The van der Waals surface area contributed by atoms with Crippen molar-refractivity contribution in [1.29, 1.82) is 0 Å². The van der Waals surface area contributed by atoms with Crippen LogP contribution in [0.3, 0.4) is 0 Å². The van der Waals surface area contributed by atoms with Crippen molar-refractivity contribution in [1.82, 2.24) is 9.97 Å². The van der Waals surface area contributed by atoms with Crippen LogP contribution in [-0.4, -0.2) is 28.1 Å². The van der Waals surface area contributed by atoms with Gasteiger partial charge in [-0.25, -0.2) is 9.78 Å². The van der Waals surface area contributed by atoms with Gasteiger partial charge in [-0.2, -0.15) is 0 Å². The maximum atomic E-state index is 12.9. The quantitative estimate of drug-likeness (QED) is 0.336. The molecule has 6 heteroatoms. The second-order valence-corrected chi connectivity index (χ2v) is 9.29. The van der Waals surface area contributed by atoms with Crippen molar-refractivity contribution >= 4 is 28.5 Å². The summed E-state index contributed by atoms with van der Waals surface area (Å²) in [7, 11) is 0. The Morgan fingerprint density at radius 2 is 1.73 bits per heavy atom. The maximum absolute atomic E-state index is 12.9. The fourth-order valence-electron chi connectivity index (χ4n) is 4.27. The largest absolute Gasteiger partial charge is 0.460 e. The molecule has 0 spiro atoms. The molecule has 0 amide bonds. The van der Waals surface area contributed by atoms with Gasteiger partial charge in [0.15, 0.2) is 6.10 Å². The van der Waals surface area contributed by atoms with Gasteiger partial charge in [0.25, 0.3) is 0 Å². The number of benzene rings is 2. The number of rotatable bonds is 3. The second kappa shape index (κ2) is 8.25. The number of esters is 1. The first-order valence-corrected chi connectivity index (χ1v) is 11.2. The summed E-state index contributed by atoms with van der Waals surface area (Å²) in [5.41, 5.74) is 5.62. The zero-order valence-corrected chi connectivity index (χ0v) is 19.4. The lowest BCUT2D eigenvalue weighted by atomic mass is 9.88. The smallest absolute Gasteiger partial charge is 0.340 e. The van der Waals surface area contributed by atoms with E-state index >= 15 is 0 Å². The number of aryl methyl sites for hydroxylation is 1. The van der Waals surface area contributed by atoms with Gasteiger partial charge in [-0.05, 0) is 73.9 Å². The number of aromatic nitrogens is 2. The van der Waals surface area contributed by atoms with Crippen molar-refractivity contribution in [2.75, 3.05) is 6.61 Å². The number of cyclic esters (lactones) is 1. The van der Waals surface area contributed by atoms with Gasteiger partial charge in [0.1, 0.15) is 6.61 Å². The lowest BCUT2D eigenvalue weighted by Gasteiger charge is -2.36. The highest BCUT2D eigenvalue weighted by Gasteiger charge is 2.39. The normalized spacial score (nSPS) is 17.7. The Morgan fingerprint density at radius 3 is 2.45 bits per heavy atom. The molecule has 166 valence electrons. The van der Waals surface area contributed by atoms with Crippen molar-refractivity contribution in [3.05, 3.63) is 83.1 Å². The summed E-state index contributed by atoms with van der Waals surface area (Å²) in [5, 5.41) is 1.57. The fourth-order valence-corrected chi connectivity index (χ4v) is 4.39. The van der Waals surface area contributed by atoms with E-state index < -0.39 is 11.7 Å². The first-order chi connectivity index (χ1) is 15.8. The van der Waals surface area contributed by atoms with E-state index in [1.54, 1.807) is 12.4 Å². The summed E-state index contributed by atoms with van der Waals surface area (Å²) in [6.45, 7) is 6.05. The Bertz CT molecular complexity index is 1350. The monoisotopic (exact) mass is 458 g/mol. The topological polar surface area (TPSA) is 61.3 Å². The molecule has 0 radical (unpaired) electrons. The van der Waals surface area contributed by atoms with Gasteiger partial charge >= 0.3 is 5.97 Å². The van der Waals surface area contributed by atoms with E-state index in [-0.39, 0.29) is 12.6 Å². The van der Waals surface area contributed by atoms with Crippen molar-refractivity contribution in [3.8, 4) is 22.4 Å². The molecule has 2 aromatic carbocycles. The Kier molecular flexibility index (Phi) is 5.39. The standard InChI is InChI=1S/C27H23ClN2O3/c1-16-14-22-20(8-9-21(30-22)17-10-12-29-13-11-17)24(18-4-6-19(28)7-5-18)23(16)25-26(31)32-15-27(2,3)33-25/h4-14,25H,15H2,1-3H3. The predicted molar refractivity (Wildman–Crippen MR) is 129 cm³/mol. The SMILES string of the molecule is Cc1cc2nc(-c3ccncc3)ccc2c(-c2ccc(Cl)cc2)c1C1OC(C)(C)COC1=O. The average Bonchev–Trinajstić information content (AvgIpc) is 2.81. The molecule has 1 unspecified atom stereocenters. The minimum absolute atomic E-state index is 0.224. The molecule has 1 aliphatic rings. The predicted octanol–water partition coefficient (Wildman–Crippen LogP) is 6.32. The van der Waals surface area contributed by atoms with E-state index in [2.05, 4.69) is 4.98 Å². The third-order valence-corrected chi connectivity index (χ3v) is 6.08. The highest BCUT2D eigenvalue weighted by atomic mass is 35.5. The van der Waals surface area contributed by atoms with Gasteiger partial charge < -0.3 is 9.47 Å². The molecule has 1 fully saturated rings. The molecule has 0 bridgehead atoms. The summed E-state index contributed by atoms with van der Waals surface area (Å²) in [5.74, 6) is -0.381. The molecule has 1 atom stereocenters. The van der Waals surface area contributed by atoms with Crippen molar-refractivity contribution in [3.63, 3.8) is 0 Å². The van der Waals surface area contributed by atoms with Crippen LogP contribution in [0.15, 0.2) is 67.0 Å². The van der Waals surface area contributed by atoms with Crippen LogP contribution in [-0.2, 0) is 14.3 Å². The summed E-state index contributed by atoms with van der Waals surface area (Å²) < 4.78 is 11.8. The highest BCUT2D eigenvalue weighted by Crippen LogP contribution is 2.42. The van der Waals surface area contributed by atoms with Crippen molar-refractivity contribution in [2.24, 2.45) is 0 Å². The van der Waals surface area contributed by atoms with Crippen LogP contribution >= 0.6 is 11.6 Å². The van der Waals surface area contributed by atoms with Crippen LogP contribution < -0.4 is 0 Å². The molecule has 5 rings (SSSR count). The van der Waals surface area contributed by atoms with E-state index in [0.29, 0.717) is 5.02 Å². The molecular weight excluding hydrogens is 436 g/mol. The first-order valence-electron chi connectivity index (χ1n) is 10.8. The molecule has 1 saturated heterocycles. The number of nitrogens with zero attached hydrogens (tertiary/aromatic N) is 2. The minimum Gasteiger partial charge on any atom is -0.460 e. The average molecular weight is 459 g/mol. The summed E-state index contributed by atoms with van der Waals surface area (Å²) >= 11 is 6.17. The van der Waals surface area contributed by atoms with Gasteiger partial charge in [-0.1, -0.05) is 29.8 Å². The second-order valence-electron chi connectivity index (χ2n) is 8.85. The minimum atomic E-state index is -0.830. The third-order valence-electron chi connectivity index (χ3n) is 5.83. The number of carbonyl (C=O) groups excluding carboxylic acids is 1. The van der Waals surface area contributed by atoms with E-state index in [0.717, 1.165) is 44.4 Å². The van der Waals surface area contributed by atoms with Crippen LogP contribution in [0.4, 0.5) is 0 Å². The maximum Gasteiger partial charge on any atom is 0.340 e. The van der Waals surface area contributed by atoms with Gasteiger partial charge in [0, 0.05) is 33.9 Å². The molecule has 0 aliphatic carbocycles. The molecule has 0 N–H and O–H groups in total. The van der Waals surface area contributed by atoms with E-state index in [1.807, 2.05) is 75.4 Å². The molecular formula is C27H23ClN2O3. The first kappa shape index (κ1) is 21.6. The lowest BCUT2D eigenvalue weighted by molar-refractivity contribution is -0.201. The van der Waals surface area contributed by atoms with Crippen LogP contribution in [0.1, 0.15) is 31.1 Å². The number of hydrogen-bond acceptors (Lipinski definition) is 5. The number of halogens is 1. The van der Waals surface area contributed by atoms with E-state index in [9.17, 15) is 4.79 Å². The van der Waals surface area contributed by atoms with Crippen LogP contribution in [0.5, 0.6) is 0 Å². The fraction of sp³-hybridized carbons (Fsp3) is 0.222. The molecule has 0 saturated carbocycles. The summed E-state index contributed by atoms with van der Waals surface area (Å²) in [6.07, 6.45) is 2.68. The van der Waals surface area contributed by atoms with E-state index in [4.69, 9.17) is 26.1 Å². The zero-order chi connectivity index (χ0) is 23.2. The Balaban J connectivity index is 1.77. The molecule has 5 nitrogen and oxygen atoms in total. The number of ether oxygens (including phenoxy) is 2. The van der Waals surface area contributed by atoms with E-state index in [1.165, 1.54) is 0 Å². The van der Waals surface area contributed by atoms with Gasteiger partial charge in [-0.15, -0.1) is 0 Å². The summed E-state index contributed by atoms with van der Waals surface area (Å²) in [6, 6.07) is 17.5. The van der Waals surface area contributed by atoms with Crippen molar-refractivity contribution < 1.29 is 14.3 Å². The van der Waals surface area contributed by atoms with Gasteiger partial charge in [0.05, 0.1) is 16.8 Å². The highest BCUT2D eigenvalue weighted by molar-refractivity contribution is 6.30. The molecule has 2 aromatic heterocycles. The number of carbonyl (C=O) groups is 1. The third kappa shape index (κ3) is 4.10. The Morgan fingerprint density at radius 1 is 1.00 bits per heavy atom. The van der Waals surface area contributed by atoms with Crippen LogP contribution in [0, 0.1) is 6.92 Å². The molecule has 1 aliphatic heterocycles. The molecule has 4 aromatic rings. The molecule has 33 heavy (non-hydrogen) atoms. The van der Waals surface area contributed by atoms with Gasteiger partial charge in [0.2, 0.25) is 0 Å². The zero-order valence-electron chi connectivity index (χ0n) is 18.6. The number of hydrogen-bond donors (Lipinski definition) is 0. The molecule has 3 heterocycles. The van der Waals surface area contributed by atoms with Crippen LogP contribution in [0.25, 0.3) is 33.3 Å². The Hall–Kier alpha value is -3.28. The summed E-state index contributed by atoms with van der Waals surface area (Å²) in [4.78, 5) is 21.9. The number of pyridine rings is 2. The van der Waals surface area contributed by atoms with Crippen LogP contribution in [0.2, 0.25) is 5.02 Å². The van der Waals surface area contributed by atoms with Gasteiger partial charge in [-0.3, -0.25) is 4.98 Å². The van der Waals surface area contributed by atoms with Crippen molar-refractivity contribution in [2.45, 2.75) is 32.5 Å². The Labute approximate surface area is 197 Å². The lowest BCUT2D eigenvalue weighted by Crippen LogP contribution is -2.42.